The summed E-state index contributed by atoms with van der Waals surface area (Å²) < 4.78 is 3.47. The summed E-state index contributed by atoms with van der Waals surface area (Å²) in [6.45, 7) is 6.63. The number of halogens is 1. The average Bonchev–Trinajstić information content (AvgIpc) is 2.66. The number of hydrogen-bond donors (Lipinski definition) is 1. The van der Waals surface area contributed by atoms with Crippen molar-refractivity contribution in [3.05, 3.63) is 34.4 Å². The average molecular weight is 295 g/mol. The zero-order valence-electron chi connectivity index (χ0n) is 10.8. The Kier molecular flexibility index (Phi) is 3.59. The molecule has 0 radical (unpaired) electrons. The van der Waals surface area contributed by atoms with E-state index < -0.39 is 0 Å². The van der Waals surface area contributed by atoms with Gasteiger partial charge in [0.1, 0.15) is 0 Å². The fourth-order valence-electron chi connectivity index (χ4n) is 2.18. The number of aromatic nitrogens is 1. The minimum Gasteiger partial charge on any atom is -0.345 e. The maximum absolute atomic E-state index is 3.55. The van der Waals surface area contributed by atoms with E-state index in [-0.39, 0.29) is 0 Å². The first kappa shape index (κ1) is 12.7. The number of nitrogens with zero attached hydrogens (tertiary/aromatic N) is 1. The molecule has 0 bridgehead atoms. The molecule has 1 N–H and O–H groups in total. The second-order valence-electron chi connectivity index (χ2n) is 4.76. The van der Waals surface area contributed by atoms with Crippen LogP contribution in [0.15, 0.2) is 28.9 Å². The van der Waals surface area contributed by atoms with Gasteiger partial charge in [-0.2, -0.15) is 0 Å². The highest BCUT2D eigenvalue weighted by Crippen LogP contribution is 2.30. The van der Waals surface area contributed by atoms with Crippen LogP contribution in [0.4, 0.5) is 0 Å². The molecule has 2 aromatic rings. The van der Waals surface area contributed by atoms with Gasteiger partial charge in [0.05, 0.1) is 0 Å². The zero-order chi connectivity index (χ0) is 12.6. The SMILES string of the molecule is CNC(C)c1cn(C(C)C)c2cc(Br)ccc12. The summed E-state index contributed by atoms with van der Waals surface area (Å²) in [7, 11) is 2.00. The Morgan fingerprint density at radius 1 is 1.24 bits per heavy atom. The molecule has 17 heavy (non-hydrogen) atoms. The Bertz CT molecular complexity index is 528. The van der Waals surface area contributed by atoms with Crippen molar-refractivity contribution in [1.29, 1.82) is 0 Å². The van der Waals surface area contributed by atoms with Gasteiger partial charge < -0.3 is 9.88 Å². The number of fused-ring (bicyclic) bond motifs is 1. The minimum absolute atomic E-state index is 0.374. The number of nitrogens with one attached hydrogen (secondary N) is 1. The summed E-state index contributed by atoms with van der Waals surface area (Å²) in [5.74, 6) is 0. The van der Waals surface area contributed by atoms with Gasteiger partial charge in [0.25, 0.3) is 0 Å². The van der Waals surface area contributed by atoms with Crippen LogP contribution < -0.4 is 5.32 Å². The van der Waals surface area contributed by atoms with Gasteiger partial charge in [0.15, 0.2) is 0 Å². The minimum atomic E-state index is 0.374. The molecule has 92 valence electrons. The van der Waals surface area contributed by atoms with Crippen LogP contribution in [0.25, 0.3) is 10.9 Å². The molecule has 3 heteroatoms. The summed E-state index contributed by atoms with van der Waals surface area (Å²) in [6, 6.07) is 7.35. The molecule has 0 amide bonds. The summed E-state index contributed by atoms with van der Waals surface area (Å²) >= 11 is 3.55. The van der Waals surface area contributed by atoms with Gasteiger partial charge >= 0.3 is 0 Å². The summed E-state index contributed by atoms with van der Waals surface area (Å²) in [5.41, 5.74) is 2.66. The molecule has 1 aromatic heterocycles. The molecule has 0 aliphatic rings. The molecule has 2 nitrogen and oxygen atoms in total. The van der Waals surface area contributed by atoms with Gasteiger partial charge in [-0.05, 0) is 45.5 Å². The number of benzene rings is 1. The Morgan fingerprint density at radius 2 is 1.94 bits per heavy atom. The molecular formula is C14H19BrN2. The first-order chi connectivity index (χ1) is 8.04. The van der Waals surface area contributed by atoms with Crippen molar-refractivity contribution in [2.24, 2.45) is 0 Å². The lowest BCUT2D eigenvalue weighted by molar-refractivity contribution is 0.608. The third-order valence-electron chi connectivity index (χ3n) is 3.28. The van der Waals surface area contributed by atoms with Crippen LogP contribution in [0.3, 0.4) is 0 Å². The lowest BCUT2D eigenvalue weighted by Crippen LogP contribution is -2.11. The summed E-state index contributed by atoms with van der Waals surface area (Å²) in [5, 5.41) is 4.65. The largest absolute Gasteiger partial charge is 0.345 e. The van der Waals surface area contributed by atoms with E-state index >= 15 is 0 Å². The smallest absolute Gasteiger partial charge is 0.0497 e. The molecule has 0 aliphatic carbocycles. The summed E-state index contributed by atoms with van der Waals surface area (Å²) in [6.07, 6.45) is 2.27. The zero-order valence-corrected chi connectivity index (χ0v) is 12.4. The third-order valence-corrected chi connectivity index (χ3v) is 3.78. The lowest BCUT2D eigenvalue weighted by atomic mass is 10.1. The molecule has 1 heterocycles. The van der Waals surface area contributed by atoms with Gasteiger partial charge in [0.2, 0.25) is 0 Å². The first-order valence-corrected chi connectivity index (χ1v) is 6.81. The monoisotopic (exact) mass is 294 g/mol. The van der Waals surface area contributed by atoms with Crippen molar-refractivity contribution < 1.29 is 0 Å². The van der Waals surface area contributed by atoms with E-state index in [9.17, 15) is 0 Å². The predicted molar refractivity (Wildman–Crippen MR) is 77.5 cm³/mol. The van der Waals surface area contributed by atoms with Gasteiger partial charge in [-0.3, -0.25) is 0 Å². The van der Waals surface area contributed by atoms with Crippen LogP contribution >= 0.6 is 15.9 Å². The normalized spacial score (nSPS) is 13.5. The van der Waals surface area contributed by atoms with Gasteiger partial charge in [-0.1, -0.05) is 22.0 Å². The quantitative estimate of drug-likeness (QED) is 0.895. The molecule has 0 fully saturated rings. The Labute approximate surface area is 111 Å². The number of rotatable bonds is 3. The second-order valence-corrected chi connectivity index (χ2v) is 5.67. The van der Waals surface area contributed by atoms with E-state index in [0.717, 1.165) is 4.47 Å². The van der Waals surface area contributed by atoms with Crippen molar-refractivity contribution in [3.8, 4) is 0 Å². The fourth-order valence-corrected chi connectivity index (χ4v) is 2.53. The highest BCUT2D eigenvalue weighted by Gasteiger charge is 2.14. The van der Waals surface area contributed by atoms with E-state index in [1.165, 1.54) is 16.5 Å². The van der Waals surface area contributed by atoms with E-state index in [0.29, 0.717) is 12.1 Å². The Balaban J connectivity index is 2.70. The topological polar surface area (TPSA) is 17.0 Å². The van der Waals surface area contributed by atoms with Crippen LogP contribution in [-0.4, -0.2) is 11.6 Å². The maximum Gasteiger partial charge on any atom is 0.0497 e. The van der Waals surface area contributed by atoms with E-state index in [4.69, 9.17) is 0 Å². The second kappa shape index (κ2) is 4.83. The summed E-state index contributed by atoms with van der Waals surface area (Å²) in [4.78, 5) is 0. The van der Waals surface area contributed by atoms with Crippen molar-refractivity contribution >= 4 is 26.8 Å². The highest BCUT2D eigenvalue weighted by molar-refractivity contribution is 9.10. The van der Waals surface area contributed by atoms with Crippen molar-refractivity contribution in [1.82, 2.24) is 9.88 Å². The maximum atomic E-state index is 3.55. The van der Waals surface area contributed by atoms with Gasteiger partial charge in [0, 0.05) is 33.7 Å². The molecule has 1 unspecified atom stereocenters. The lowest BCUT2D eigenvalue weighted by Gasteiger charge is -2.09. The Morgan fingerprint density at radius 3 is 2.53 bits per heavy atom. The molecular weight excluding hydrogens is 276 g/mol. The molecule has 2 rings (SSSR count). The molecule has 1 atom stereocenters. The highest BCUT2D eigenvalue weighted by atomic mass is 79.9. The van der Waals surface area contributed by atoms with Crippen molar-refractivity contribution in [2.45, 2.75) is 32.9 Å². The van der Waals surface area contributed by atoms with E-state index in [1.54, 1.807) is 0 Å². The van der Waals surface area contributed by atoms with Crippen LogP contribution in [-0.2, 0) is 0 Å². The van der Waals surface area contributed by atoms with Crippen LogP contribution in [0.5, 0.6) is 0 Å². The molecule has 1 aromatic carbocycles. The molecule has 0 saturated carbocycles. The van der Waals surface area contributed by atoms with Gasteiger partial charge in [-0.25, -0.2) is 0 Å². The molecule has 0 saturated heterocycles. The fraction of sp³-hybridized carbons (Fsp3) is 0.429. The van der Waals surface area contributed by atoms with E-state index in [1.807, 2.05) is 7.05 Å². The third kappa shape index (κ3) is 2.26. The van der Waals surface area contributed by atoms with Crippen LogP contribution in [0.2, 0.25) is 0 Å². The van der Waals surface area contributed by atoms with Gasteiger partial charge in [-0.15, -0.1) is 0 Å². The van der Waals surface area contributed by atoms with Crippen LogP contribution in [0.1, 0.15) is 38.4 Å². The van der Waals surface area contributed by atoms with Crippen LogP contribution in [0, 0.1) is 0 Å². The Hall–Kier alpha value is -0.800. The molecule has 0 aliphatic heterocycles. The first-order valence-electron chi connectivity index (χ1n) is 6.02. The number of hydrogen-bond acceptors (Lipinski definition) is 1. The van der Waals surface area contributed by atoms with E-state index in [2.05, 4.69) is 71.0 Å². The molecule has 0 spiro atoms. The van der Waals surface area contributed by atoms with Crippen molar-refractivity contribution in [3.63, 3.8) is 0 Å². The standard InChI is InChI=1S/C14H19BrN2/c1-9(2)17-8-13(10(3)16-4)12-6-5-11(15)7-14(12)17/h5-10,16H,1-4H3. The predicted octanol–water partition coefficient (Wildman–Crippen LogP) is 4.27. The van der Waals surface area contributed by atoms with Crippen molar-refractivity contribution in [2.75, 3.05) is 7.05 Å².